The van der Waals surface area contributed by atoms with Crippen LogP contribution < -0.4 is 5.32 Å². The lowest BCUT2D eigenvalue weighted by Crippen LogP contribution is -2.55. The predicted octanol–water partition coefficient (Wildman–Crippen LogP) is 2.26. The minimum absolute atomic E-state index is 0.247. The molecule has 0 spiro atoms. The fourth-order valence-corrected chi connectivity index (χ4v) is 3.13. The van der Waals surface area contributed by atoms with Crippen molar-refractivity contribution < 1.29 is 4.74 Å². The van der Waals surface area contributed by atoms with Gasteiger partial charge < -0.3 is 10.1 Å². The van der Waals surface area contributed by atoms with E-state index in [4.69, 9.17) is 4.74 Å². The second-order valence-corrected chi connectivity index (χ2v) is 7.04. The molecule has 1 heterocycles. The van der Waals surface area contributed by atoms with Crippen molar-refractivity contribution in [2.45, 2.75) is 64.1 Å². The van der Waals surface area contributed by atoms with E-state index in [1.165, 1.54) is 32.2 Å². The Kier molecular flexibility index (Phi) is 4.68. The van der Waals surface area contributed by atoms with E-state index < -0.39 is 0 Å². The van der Waals surface area contributed by atoms with Crippen LogP contribution in [0.1, 0.15) is 46.5 Å². The Morgan fingerprint density at radius 3 is 2.28 bits per heavy atom. The molecule has 2 unspecified atom stereocenters. The van der Waals surface area contributed by atoms with Crippen molar-refractivity contribution in [3.8, 4) is 0 Å². The predicted molar refractivity (Wildman–Crippen MR) is 75.9 cm³/mol. The summed E-state index contributed by atoms with van der Waals surface area (Å²) in [5, 5.41) is 3.66. The number of ether oxygens (including phenoxy) is 1. The van der Waals surface area contributed by atoms with Crippen LogP contribution in [-0.2, 0) is 4.74 Å². The Morgan fingerprint density at radius 2 is 1.78 bits per heavy atom. The largest absolute Gasteiger partial charge is 0.381 e. The zero-order chi connectivity index (χ0) is 13.2. The van der Waals surface area contributed by atoms with E-state index in [0.29, 0.717) is 0 Å². The summed E-state index contributed by atoms with van der Waals surface area (Å²) in [4.78, 5) is 2.64. The third kappa shape index (κ3) is 3.69. The van der Waals surface area contributed by atoms with E-state index in [2.05, 4.69) is 38.0 Å². The Balaban J connectivity index is 1.78. The van der Waals surface area contributed by atoms with Crippen molar-refractivity contribution in [3.05, 3.63) is 0 Å². The lowest BCUT2D eigenvalue weighted by Gasteiger charge is -2.47. The zero-order valence-electron chi connectivity index (χ0n) is 12.5. The number of hydrogen-bond acceptors (Lipinski definition) is 3. The average molecular weight is 254 g/mol. The molecule has 0 amide bonds. The normalized spacial score (nSPS) is 30.5. The molecule has 0 radical (unpaired) electrons. The number of rotatable bonds is 4. The van der Waals surface area contributed by atoms with Crippen molar-refractivity contribution in [1.29, 1.82) is 0 Å². The number of hydrogen-bond donors (Lipinski definition) is 1. The summed E-state index contributed by atoms with van der Waals surface area (Å²) in [6.45, 7) is 9.83. The topological polar surface area (TPSA) is 24.5 Å². The van der Waals surface area contributed by atoms with E-state index in [1.54, 1.807) is 0 Å². The van der Waals surface area contributed by atoms with E-state index in [9.17, 15) is 0 Å². The molecule has 3 heteroatoms. The molecule has 2 aliphatic rings. The molecule has 106 valence electrons. The Morgan fingerprint density at radius 1 is 1.11 bits per heavy atom. The number of nitrogens with zero attached hydrogens (tertiary/aromatic N) is 1. The highest BCUT2D eigenvalue weighted by molar-refractivity contribution is 4.92. The zero-order valence-corrected chi connectivity index (χ0v) is 12.5. The van der Waals surface area contributed by atoms with E-state index in [-0.39, 0.29) is 5.54 Å². The molecule has 0 aromatic rings. The van der Waals surface area contributed by atoms with Gasteiger partial charge in [-0.25, -0.2) is 0 Å². The average Bonchev–Trinajstić information content (AvgIpc) is 2.27. The van der Waals surface area contributed by atoms with Crippen molar-refractivity contribution in [2.75, 3.05) is 26.8 Å². The third-order valence-corrected chi connectivity index (χ3v) is 4.56. The van der Waals surface area contributed by atoms with Gasteiger partial charge in [-0.3, -0.25) is 4.90 Å². The second kappa shape index (κ2) is 5.89. The van der Waals surface area contributed by atoms with Gasteiger partial charge in [-0.1, -0.05) is 0 Å². The molecular formula is C15H30N2O. The lowest BCUT2D eigenvalue weighted by atomic mass is 9.77. The van der Waals surface area contributed by atoms with Crippen LogP contribution in [-0.4, -0.2) is 49.3 Å². The van der Waals surface area contributed by atoms with Gasteiger partial charge in [0.1, 0.15) is 0 Å². The summed E-state index contributed by atoms with van der Waals surface area (Å²) >= 11 is 0. The molecule has 1 N–H and O–H groups in total. The molecule has 1 aliphatic carbocycles. The molecule has 2 rings (SSSR count). The first-order valence-corrected chi connectivity index (χ1v) is 7.52. The summed E-state index contributed by atoms with van der Waals surface area (Å²) < 4.78 is 5.46. The molecule has 3 nitrogen and oxygen atoms in total. The molecular weight excluding hydrogens is 224 g/mol. The fourth-order valence-electron chi connectivity index (χ4n) is 3.13. The Bertz CT molecular complexity index is 256. The van der Waals surface area contributed by atoms with Crippen LogP contribution >= 0.6 is 0 Å². The maximum Gasteiger partial charge on any atom is 0.0480 e. The second-order valence-electron chi connectivity index (χ2n) is 7.04. The summed E-state index contributed by atoms with van der Waals surface area (Å²) in [6.07, 6.45) is 5.20. The molecule has 18 heavy (non-hydrogen) atoms. The van der Waals surface area contributed by atoms with Crippen LogP contribution in [0.2, 0.25) is 0 Å². The molecule has 1 saturated heterocycles. The van der Waals surface area contributed by atoms with Crippen LogP contribution in [0.5, 0.6) is 0 Å². The van der Waals surface area contributed by atoms with Gasteiger partial charge in [0.15, 0.2) is 0 Å². The monoisotopic (exact) mass is 254 g/mol. The van der Waals surface area contributed by atoms with Gasteiger partial charge in [0.05, 0.1) is 0 Å². The molecule has 1 aliphatic heterocycles. The minimum atomic E-state index is 0.247. The number of nitrogens with one attached hydrogen (secondary N) is 1. The van der Waals surface area contributed by atoms with Crippen LogP contribution in [0.15, 0.2) is 0 Å². The fraction of sp³-hybridized carbons (Fsp3) is 1.00. The first-order valence-electron chi connectivity index (χ1n) is 7.52. The van der Waals surface area contributed by atoms with Gasteiger partial charge in [0.2, 0.25) is 0 Å². The summed E-state index contributed by atoms with van der Waals surface area (Å²) in [6, 6.07) is 1.55. The molecule has 1 saturated carbocycles. The molecule has 2 fully saturated rings. The standard InChI is InChI=1S/C15H30N2O/c1-15(2,3)16-11-12-5-6-14(12)17(4)13-7-9-18-10-8-13/h12-14,16H,5-11H2,1-4H3. The van der Waals surface area contributed by atoms with Gasteiger partial charge >= 0.3 is 0 Å². The maximum absolute atomic E-state index is 5.46. The highest BCUT2D eigenvalue weighted by atomic mass is 16.5. The van der Waals surface area contributed by atoms with Gasteiger partial charge in [0, 0.05) is 30.8 Å². The van der Waals surface area contributed by atoms with E-state index >= 15 is 0 Å². The van der Waals surface area contributed by atoms with Crippen LogP contribution in [0.4, 0.5) is 0 Å². The lowest BCUT2D eigenvalue weighted by molar-refractivity contribution is -0.00958. The highest BCUT2D eigenvalue weighted by Crippen LogP contribution is 2.33. The SMILES string of the molecule is CN(C1CCOCC1)C1CCC1CNC(C)(C)C. The first-order chi connectivity index (χ1) is 8.47. The van der Waals surface area contributed by atoms with Crippen LogP contribution in [0.25, 0.3) is 0 Å². The Hall–Kier alpha value is -0.120. The summed E-state index contributed by atoms with van der Waals surface area (Å²) in [5.41, 5.74) is 0.247. The quantitative estimate of drug-likeness (QED) is 0.833. The highest BCUT2D eigenvalue weighted by Gasteiger charge is 2.37. The maximum atomic E-state index is 5.46. The van der Waals surface area contributed by atoms with Crippen molar-refractivity contribution in [3.63, 3.8) is 0 Å². The van der Waals surface area contributed by atoms with Gasteiger partial charge in [-0.2, -0.15) is 0 Å². The van der Waals surface area contributed by atoms with Crippen molar-refractivity contribution >= 4 is 0 Å². The van der Waals surface area contributed by atoms with Crippen LogP contribution in [0.3, 0.4) is 0 Å². The Labute approximate surface area is 112 Å². The van der Waals surface area contributed by atoms with E-state index in [1.807, 2.05) is 0 Å². The summed E-state index contributed by atoms with van der Waals surface area (Å²) in [7, 11) is 2.32. The molecule has 0 bridgehead atoms. The van der Waals surface area contributed by atoms with Gasteiger partial charge in [-0.15, -0.1) is 0 Å². The van der Waals surface area contributed by atoms with Crippen LogP contribution in [0, 0.1) is 5.92 Å². The van der Waals surface area contributed by atoms with Gasteiger partial charge in [0.25, 0.3) is 0 Å². The smallest absolute Gasteiger partial charge is 0.0480 e. The van der Waals surface area contributed by atoms with Crippen molar-refractivity contribution in [2.24, 2.45) is 5.92 Å². The van der Waals surface area contributed by atoms with Crippen molar-refractivity contribution in [1.82, 2.24) is 10.2 Å². The third-order valence-electron chi connectivity index (χ3n) is 4.56. The minimum Gasteiger partial charge on any atom is -0.381 e. The first kappa shape index (κ1) is 14.3. The molecule has 2 atom stereocenters. The van der Waals surface area contributed by atoms with E-state index in [0.717, 1.165) is 31.2 Å². The van der Waals surface area contributed by atoms with Gasteiger partial charge in [-0.05, 0) is 66.0 Å². The summed E-state index contributed by atoms with van der Waals surface area (Å²) in [5.74, 6) is 0.845. The molecule has 0 aromatic heterocycles. The molecule has 0 aromatic carbocycles.